The van der Waals surface area contributed by atoms with Crippen LogP contribution in [-0.4, -0.2) is 87.6 Å². The summed E-state index contributed by atoms with van der Waals surface area (Å²) in [6, 6.07) is 15.3. The van der Waals surface area contributed by atoms with Crippen LogP contribution in [0.5, 0.6) is 11.5 Å². The minimum Gasteiger partial charge on any atom is -0.493 e. The van der Waals surface area contributed by atoms with E-state index in [4.69, 9.17) is 18.9 Å². The van der Waals surface area contributed by atoms with E-state index in [9.17, 15) is 9.59 Å². The van der Waals surface area contributed by atoms with Gasteiger partial charge in [0.2, 0.25) is 0 Å². The molecule has 2 atom stereocenters. The number of benzene rings is 2. The van der Waals surface area contributed by atoms with Crippen LogP contribution in [0.4, 0.5) is 4.79 Å². The molecule has 0 bridgehead atoms. The van der Waals surface area contributed by atoms with Crippen molar-refractivity contribution in [3.8, 4) is 11.5 Å². The summed E-state index contributed by atoms with van der Waals surface area (Å²) in [4.78, 5) is 30.8. The number of rotatable bonds is 15. The van der Waals surface area contributed by atoms with Crippen molar-refractivity contribution in [1.29, 1.82) is 0 Å². The first kappa shape index (κ1) is 31.6. The van der Waals surface area contributed by atoms with E-state index in [1.807, 2.05) is 54.0 Å². The molecular weight excluding hydrogens is 534 g/mol. The van der Waals surface area contributed by atoms with Crippen molar-refractivity contribution < 1.29 is 28.5 Å². The Labute approximate surface area is 250 Å². The van der Waals surface area contributed by atoms with Gasteiger partial charge in [0, 0.05) is 69.9 Å². The highest BCUT2D eigenvalue weighted by molar-refractivity contribution is 5.95. The van der Waals surface area contributed by atoms with Gasteiger partial charge in [-0.2, -0.15) is 0 Å². The Kier molecular flexibility index (Phi) is 11.9. The zero-order chi connectivity index (χ0) is 29.9. The standard InChI is InChI=1S/C33H47N3O6/c1-24(2)36(32(37)28-13-14-30(40-4)31(18-28)41-16-8-15-39-3)29-17-27(19-34-20-29)23-42-33(38)35(22-26-11-12-26)21-25-9-6-5-7-10-25/h5-7,9-10,13-14,18,24,26-27,29,34H,8,11-12,15-17,19-23H2,1-4H3/t27-,29+/m0/s1. The van der Waals surface area contributed by atoms with E-state index >= 15 is 0 Å². The Hall–Kier alpha value is -3.30. The molecule has 2 amide bonds. The summed E-state index contributed by atoms with van der Waals surface area (Å²) in [7, 11) is 3.25. The van der Waals surface area contributed by atoms with Crippen molar-refractivity contribution in [2.75, 3.05) is 53.7 Å². The van der Waals surface area contributed by atoms with E-state index in [0.717, 1.165) is 31.5 Å². The van der Waals surface area contributed by atoms with Crippen molar-refractivity contribution in [1.82, 2.24) is 15.1 Å². The van der Waals surface area contributed by atoms with Crippen LogP contribution in [0.25, 0.3) is 0 Å². The molecule has 230 valence electrons. The predicted octanol–water partition coefficient (Wildman–Crippen LogP) is 4.99. The van der Waals surface area contributed by atoms with Gasteiger partial charge in [-0.15, -0.1) is 0 Å². The lowest BCUT2D eigenvalue weighted by atomic mass is 9.94. The van der Waals surface area contributed by atoms with Gasteiger partial charge in [-0.3, -0.25) is 4.79 Å². The summed E-state index contributed by atoms with van der Waals surface area (Å²) in [5.74, 6) is 1.75. The van der Waals surface area contributed by atoms with E-state index in [-0.39, 0.29) is 30.0 Å². The third kappa shape index (κ3) is 9.10. The molecule has 1 aliphatic heterocycles. The summed E-state index contributed by atoms with van der Waals surface area (Å²) >= 11 is 0. The van der Waals surface area contributed by atoms with Crippen LogP contribution >= 0.6 is 0 Å². The predicted molar refractivity (Wildman–Crippen MR) is 162 cm³/mol. The van der Waals surface area contributed by atoms with Crippen LogP contribution in [0, 0.1) is 11.8 Å². The monoisotopic (exact) mass is 581 g/mol. The minimum atomic E-state index is -0.263. The second kappa shape index (κ2) is 15.8. The number of carbonyl (C=O) groups excluding carboxylic acids is 2. The fraction of sp³-hybridized carbons (Fsp3) is 0.576. The summed E-state index contributed by atoms with van der Waals surface area (Å²) in [6.45, 7) is 8.16. The van der Waals surface area contributed by atoms with Gasteiger partial charge in [0.25, 0.3) is 5.91 Å². The zero-order valence-corrected chi connectivity index (χ0v) is 25.6. The molecule has 0 spiro atoms. The smallest absolute Gasteiger partial charge is 0.410 e. The van der Waals surface area contributed by atoms with Gasteiger partial charge in [-0.05, 0) is 62.8 Å². The fourth-order valence-corrected chi connectivity index (χ4v) is 5.52. The number of ether oxygens (including phenoxy) is 4. The summed E-state index contributed by atoms with van der Waals surface area (Å²) in [6.07, 6.45) is 3.56. The molecule has 1 saturated heterocycles. The van der Waals surface area contributed by atoms with E-state index in [1.54, 1.807) is 32.4 Å². The number of piperidine rings is 1. The number of carbonyl (C=O) groups is 2. The van der Waals surface area contributed by atoms with Gasteiger partial charge >= 0.3 is 6.09 Å². The highest BCUT2D eigenvalue weighted by Gasteiger charge is 2.33. The third-order valence-corrected chi connectivity index (χ3v) is 7.86. The number of methoxy groups -OCH3 is 2. The largest absolute Gasteiger partial charge is 0.493 e. The Morgan fingerprint density at radius 1 is 0.976 bits per heavy atom. The van der Waals surface area contributed by atoms with E-state index < -0.39 is 0 Å². The number of nitrogens with zero attached hydrogens (tertiary/aromatic N) is 2. The molecule has 1 saturated carbocycles. The molecular formula is C33H47N3O6. The topological polar surface area (TPSA) is 89.6 Å². The molecule has 1 heterocycles. The fourth-order valence-electron chi connectivity index (χ4n) is 5.52. The molecule has 9 nitrogen and oxygen atoms in total. The Morgan fingerprint density at radius 2 is 1.76 bits per heavy atom. The normalized spacial score (nSPS) is 18.4. The Bertz CT molecular complexity index is 1140. The van der Waals surface area contributed by atoms with Crippen molar-refractivity contribution in [3.63, 3.8) is 0 Å². The lowest BCUT2D eigenvalue weighted by Gasteiger charge is -2.40. The van der Waals surface area contributed by atoms with Crippen LogP contribution < -0.4 is 14.8 Å². The van der Waals surface area contributed by atoms with Crippen LogP contribution in [0.1, 0.15) is 55.5 Å². The molecule has 2 aromatic rings. The maximum absolute atomic E-state index is 13.8. The lowest BCUT2D eigenvalue weighted by molar-refractivity contribution is 0.0433. The molecule has 1 N–H and O–H groups in total. The van der Waals surface area contributed by atoms with Crippen molar-refractivity contribution >= 4 is 12.0 Å². The quantitative estimate of drug-likeness (QED) is 0.297. The third-order valence-electron chi connectivity index (χ3n) is 7.86. The van der Waals surface area contributed by atoms with E-state index in [0.29, 0.717) is 55.9 Å². The molecule has 2 aliphatic rings. The van der Waals surface area contributed by atoms with Crippen LogP contribution in [0.15, 0.2) is 48.5 Å². The Balaban J connectivity index is 1.37. The first-order chi connectivity index (χ1) is 20.4. The lowest BCUT2D eigenvalue weighted by Crippen LogP contribution is -2.54. The van der Waals surface area contributed by atoms with Crippen molar-refractivity contribution in [3.05, 3.63) is 59.7 Å². The van der Waals surface area contributed by atoms with Gasteiger partial charge in [0.05, 0.1) is 20.3 Å². The van der Waals surface area contributed by atoms with Gasteiger partial charge in [-0.25, -0.2) is 4.79 Å². The van der Waals surface area contributed by atoms with Gasteiger partial charge in [0.15, 0.2) is 11.5 Å². The number of amides is 2. The molecule has 2 fully saturated rings. The van der Waals surface area contributed by atoms with Gasteiger partial charge in [0.1, 0.15) is 0 Å². The first-order valence-electron chi connectivity index (χ1n) is 15.2. The molecule has 0 aromatic heterocycles. The molecule has 2 aromatic carbocycles. The van der Waals surface area contributed by atoms with Crippen LogP contribution in [0.2, 0.25) is 0 Å². The Morgan fingerprint density at radius 3 is 2.45 bits per heavy atom. The first-order valence-corrected chi connectivity index (χ1v) is 15.2. The van der Waals surface area contributed by atoms with E-state index in [1.165, 1.54) is 12.8 Å². The highest BCUT2D eigenvalue weighted by Crippen LogP contribution is 2.31. The molecule has 9 heteroatoms. The van der Waals surface area contributed by atoms with E-state index in [2.05, 4.69) is 5.32 Å². The molecule has 0 radical (unpaired) electrons. The molecule has 42 heavy (non-hydrogen) atoms. The summed E-state index contributed by atoms with van der Waals surface area (Å²) in [5.41, 5.74) is 1.65. The summed E-state index contributed by atoms with van der Waals surface area (Å²) < 4.78 is 22.4. The maximum Gasteiger partial charge on any atom is 0.410 e. The average molecular weight is 582 g/mol. The average Bonchev–Trinajstić information content (AvgIpc) is 3.82. The SMILES string of the molecule is COCCCOc1cc(C(=O)N(C(C)C)[C@H]2CNC[C@@H](COC(=O)N(Cc3ccccc3)CC3CC3)C2)ccc1OC. The molecule has 0 unspecified atom stereocenters. The molecule has 1 aliphatic carbocycles. The van der Waals surface area contributed by atoms with Gasteiger partial charge in [-0.1, -0.05) is 30.3 Å². The molecule has 4 rings (SSSR count). The second-order valence-electron chi connectivity index (χ2n) is 11.7. The van der Waals surface area contributed by atoms with Crippen molar-refractivity contribution in [2.45, 2.75) is 58.2 Å². The van der Waals surface area contributed by atoms with Crippen LogP contribution in [0.3, 0.4) is 0 Å². The second-order valence-corrected chi connectivity index (χ2v) is 11.7. The number of hydrogen-bond acceptors (Lipinski definition) is 7. The minimum absolute atomic E-state index is 0.0151. The summed E-state index contributed by atoms with van der Waals surface area (Å²) in [5, 5.41) is 3.48. The number of hydrogen-bond donors (Lipinski definition) is 1. The number of nitrogens with one attached hydrogen (secondary N) is 1. The van der Waals surface area contributed by atoms with Gasteiger partial charge < -0.3 is 34.1 Å². The zero-order valence-electron chi connectivity index (χ0n) is 25.6. The van der Waals surface area contributed by atoms with Crippen LogP contribution in [-0.2, 0) is 16.0 Å². The maximum atomic E-state index is 13.8. The van der Waals surface area contributed by atoms with Crippen molar-refractivity contribution in [2.24, 2.45) is 11.8 Å². The highest BCUT2D eigenvalue weighted by atomic mass is 16.6.